The van der Waals surface area contributed by atoms with Crippen molar-refractivity contribution in [3.63, 3.8) is 0 Å². The molecular formula is C16H22O3. The van der Waals surface area contributed by atoms with Crippen molar-refractivity contribution in [3.8, 4) is 5.75 Å². The van der Waals surface area contributed by atoms with E-state index >= 15 is 0 Å². The minimum absolute atomic E-state index is 0.00125. The Morgan fingerprint density at radius 2 is 2.21 bits per heavy atom. The quantitative estimate of drug-likeness (QED) is 0.906. The number of methoxy groups -OCH3 is 1. The summed E-state index contributed by atoms with van der Waals surface area (Å²) in [6.45, 7) is 6.46. The van der Waals surface area contributed by atoms with Crippen LogP contribution in [0.5, 0.6) is 5.75 Å². The van der Waals surface area contributed by atoms with Gasteiger partial charge in [-0.15, -0.1) is 0 Å². The summed E-state index contributed by atoms with van der Waals surface area (Å²) in [6, 6.07) is 6.15. The molecule has 3 heteroatoms. The normalized spacial score (nSPS) is 21.8. The van der Waals surface area contributed by atoms with Crippen molar-refractivity contribution in [2.45, 2.75) is 39.0 Å². The number of hydrogen-bond acceptors (Lipinski definition) is 2. The molecular weight excluding hydrogens is 240 g/mol. The maximum Gasteiger partial charge on any atom is 0.303 e. The number of aliphatic carboxylic acids is 1. The van der Waals surface area contributed by atoms with E-state index in [-0.39, 0.29) is 17.8 Å². The Bertz CT molecular complexity index is 491. The summed E-state index contributed by atoms with van der Waals surface area (Å²) in [5, 5.41) is 9.01. The van der Waals surface area contributed by atoms with Crippen LogP contribution in [0.3, 0.4) is 0 Å². The SMILES string of the molecule is COc1cccc2c1C[C@@H]([C@@H](C)CC(=O)O)C2(C)C. The fraction of sp³-hybridized carbons (Fsp3) is 0.562. The molecule has 0 spiro atoms. The molecule has 3 nitrogen and oxygen atoms in total. The lowest BCUT2D eigenvalue weighted by Gasteiger charge is -2.32. The number of rotatable bonds is 4. The van der Waals surface area contributed by atoms with Crippen molar-refractivity contribution in [2.24, 2.45) is 11.8 Å². The van der Waals surface area contributed by atoms with Crippen molar-refractivity contribution < 1.29 is 14.6 Å². The molecule has 1 N–H and O–H groups in total. The van der Waals surface area contributed by atoms with Crippen LogP contribution in [-0.4, -0.2) is 18.2 Å². The summed E-state index contributed by atoms with van der Waals surface area (Å²) in [5.74, 6) is 0.710. The van der Waals surface area contributed by atoms with Crippen LogP contribution < -0.4 is 4.74 Å². The van der Waals surface area contributed by atoms with Gasteiger partial charge in [0.05, 0.1) is 7.11 Å². The van der Waals surface area contributed by atoms with Crippen molar-refractivity contribution in [2.75, 3.05) is 7.11 Å². The van der Waals surface area contributed by atoms with E-state index < -0.39 is 5.97 Å². The minimum Gasteiger partial charge on any atom is -0.496 e. The maximum absolute atomic E-state index is 10.9. The highest BCUT2D eigenvalue weighted by molar-refractivity contribution is 5.67. The van der Waals surface area contributed by atoms with E-state index in [9.17, 15) is 4.79 Å². The zero-order chi connectivity index (χ0) is 14.2. The number of carboxylic acid groups (broad SMARTS) is 1. The van der Waals surface area contributed by atoms with Gasteiger partial charge in [-0.1, -0.05) is 32.9 Å². The van der Waals surface area contributed by atoms with E-state index in [1.807, 2.05) is 19.1 Å². The Kier molecular flexibility index (Phi) is 3.57. The van der Waals surface area contributed by atoms with Crippen molar-refractivity contribution in [1.29, 1.82) is 0 Å². The van der Waals surface area contributed by atoms with Crippen LogP contribution in [0.15, 0.2) is 18.2 Å². The first-order valence-corrected chi connectivity index (χ1v) is 6.76. The Hall–Kier alpha value is -1.51. The molecule has 0 aliphatic heterocycles. The van der Waals surface area contributed by atoms with Gasteiger partial charge in [0.1, 0.15) is 5.75 Å². The number of ether oxygens (including phenoxy) is 1. The van der Waals surface area contributed by atoms with Gasteiger partial charge in [0, 0.05) is 6.42 Å². The van der Waals surface area contributed by atoms with Gasteiger partial charge >= 0.3 is 5.97 Å². The third-order valence-corrected chi connectivity index (χ3v) is 4.58. The molecule has 0 radical (unpaired) electrons. The predicted molar refractivity (Wildman–Crippen MR) is 74.6 cm³/mol. The molecule has 1 aromatic carbocycles. The molecule has 0 amide bonds. The molecule has 2 atom stereocenters. The first-order valence-electron chi connectivity index (χ1n) is 6.76. The van der Waals surface area contributed by atoms with E-state index in [0.29, 0.717) is 5.92 Å². The number of hydrogen-bond donors (Lipinski definition) is 1. The maximum atomic E-state index is 10.9. The highest BCUT2D eigenvalue weighted by Crippen LogP contribution is 2.49. The van der Waals surface area contributed by atoms with E-state index in [4.69, 9.17) is 9.84 Å². The largest absolute Gasteiger partial charge is 0.496 e. The summed E-state index contributed by atoms with van der Waals surface area (Å²) in [7, 11) is 1.69. The fourth-order valence-corrected chi connectivity index (χ4v) is 3.58. The zero-order valence-electron chi connectivity index (χ0n) is 12.1. The zero-order valence-corrected chi connectivity index (χ0v) is 12.1. The predicted octanol–water partition coefficient (Wildman–Crippen LogP) is 3.26. The Morgan fingerprint density at radius 3 is 2.79 bits per heavy atom. The fourth-order valence-electron chi connectivity index (χ4n) is 3.58. The van der Waals surface area contributed by atoms with E-state index in [1.165, 1.54) is 11.1 Å². The van der Waals surface area contributed by atoms with Gasteiger partial charge in [0.2, 0.25) is 0 Å². The summed E-state index contributed by atoms with van der Waals surface area (Å²) < 4.78 is 5.44. The van der Waals surface area contributed by atoms with Crippen LogP contribution in [0.25, 0.3) is 0 Å². The van der Waals surface area contributed by atoms with E-state index in [2.05, 4.69) is 19.9 Å². The molecule has 0 saturated carbocycles. The van der Waals surface area contributed by atoms with Crippen molar-refractivity contribution >= 4 is 5.97 Å². The molecule has 1 aromatic rings. The van der Waals surface area contributed by atoms with Gasteiger partial charge in [-0.3, -0.25) is 4.79 Å². The third kappa shape index (κ3) is 2.34. The lowest BCUT2D eigenvalue weighted by atomic mass is 9.72. The molecule has 0 unspecified atom stereocenters. The number of carbonyl (C=O) groups is 1. The van der Waals surface area contributed by atoms with Gasteiger partial charge in [0.15, 0.2) is 0 Å². The second-order valence-corrected chi connectivity index (χ2v) is 6.09. The van der Waals surface area contributed by atoms with Crippen LogP contribution in [-0.2, 0) is 16.6 Å². The van der Waals surface area contributed by atoms with Gasteiger partial charge in [-0.2, -0.15) is 0 Å². The standard InChI is InChI=1S/C16H22O3/c1-10(8-15(17)18)13-9-11-12(16(13,2)3)6-5-7-14(11)19-4/h5-7,10,13H,8-9H2,1-4H3,(H,17,18)/t10-,13-/m0/s1. The highest BCUT2D eigenvalue weighted by atomic mass is 16.5. The summed E-state index contributed by atoms with van der Waals surface area (Å²) >= 11 is 0. The van der Waals surface area contributed by atoms with Gasteiger partial charge < -0.3 is 9.84 Å². The molecule has 104 valence electrons. The Balaban J connectivity index is 2.36. The highest BCUT2D eigenvalue weighted by Gasteiger charge is 2.43. The number of carboxylic acids is 1. The molecule has 0 fully saturated rings. The number of benzene rings is 1. The third-order valence-electron chi connectivity index (χ3n) is 4.58. The monoisotopic (exact) mass is 262 g/mol. The first-order chi connectivity index (χ1) is 8.87. The molecule has 19 heavy (non-hydrogen) atoms. The Labute approximate surface area is 114 Å². The van der Waals surface area contributed by atoms with Gasteiger partial charge in [-0.25, -0.2) is 0 Å². The smallest absolute Gasteiger partial charge is 0.303 e. The molecule has 0 heterocycles. The second kappa shape index (κ2) is 4.87. The average Bonchev–Trinajstić information content (AvgIpc) is 2.60. The van der Waals surface area contributed by atoms with Gasteiger partial charge in [-0.05, 0) is 40.9 Å². The summed E-state index contributed by atoms with van der Waals surface area (Å²) in [5.41, 5.74) is 2.55. The number of fused-ring (bicyclic) bond motifs is 1. The molecule has 0 bridgehead atoms. The molecule has 0 aromatic heterocycles. The lowest BCUT2D eigenvalue weighted by Crippen LogP contribution is -2.30. The summed E-state index contributed by atoms with van der Waals surface area (Å²) in [4.78, 5) is 10.9. The van der Waals surface area contributed by atoms with E-state index in [0.717, 1.165) is 12.2 Å². The lowest BCUT2D eigenvalue weighted by molar-refractivity contribution is -0.138. The first kappa shape index (κ1) is 13.9. The molecule has 2 rings (SSSR count). The van der Waals surface area contributed by atoms with Gasteiger partial charge in [0.25, 0.3) is 0 Å². The van der Waals surface area contributed by atoms with Crippen LogP contribution in [0, 0.1) is 11.8 Å². The van der Waals surface area contributed by atoms with Crippen molar-refractivity contribution in [3.05, 3.63) is 29.3 Å². The molecule has 0 saturated heterocycles. The average molecular weight is 262 g/mol. The molecule has 1 aliphatic rings. The molecule has 1 aliphatic carbocycles. The van der Waals surface area contributed by atoms with Crippen LogP contribution in [0.1, 0.15) is 38.3 Å². The Morgan fingerprint density at radius 1 is 1.53 bits per heavy atom. The van der Waals surface area contributed by atoms with Crippen molar-refractivity contribution in [1.82, 2.24) is 0 Å². The van der Waals surface area contributed by atoms with Crippen LogP contribution in [0.4, 0.5) is 0 Å². The van der Waals surface area contributed by atoms with Crippen LogP contribution in [0.2, 0.25) is 0 Å². The van der Waals surface area contributed by atoms with E-state index in [1.54, 1.807) is 7.11 Å². The summed E-state index contributed by atoms with van der Waals surface area (Å²) in [6.07, 6.45) is 1.13. The second-order valence-electron chi connectivity index (χ2n) is 6.09. The van der Waals surface area contributed by atoms with Crippen LogP contribution >= 0.6 is 0 Å². The topological polar surface area (TPSA) is 46.5 Å². The minimum atomic E-state index is -0.716.